The van der Waals surface area contributed by atoms with Crippen LogP contribution >= 0.6 is 0 Å². The van der Waals surface area contributed by atoms with Crippen molar-refractivity contribution in [1.82, 2.24) is 0 Å². The molecule has 0 aromatic carbocycles. The van der Waals surface area contributed by atoms with E-state index in [0.717, 1.165) is 13.8 Å². The summed E-state index contributed by atoms with van der Waals surface area (Å²) in [5.41, 5.74) is -4.67. The molecule has 0 heterocycles. The number of carboxylic acids is 4. The van der Waals surface area contributed by atoms with Crippen LogP contribution in [0.15, 0.2) is 0 Å². The Hall–Kier alpha value is -1.40. The first-order chi connectivity index (χ1) is 10.1. The van der Waals surface area contributed by atoms with Crippen molar-refractivity contribution in [1.29, 1.82) is 0 Å². The van der Waals surface area contributed by atoms with E-state index in [1.807, 2.05) is 0 Å². The number of rotatable bonds is 6. The molecule has 0 aliphatic carbocycles. The molecule has 23 heavy (non-hydrogen) atoms. The van der Waals surface area contributed by atoms with Crippen molar-refractivity contribution in [2.75, 3.05) is 0 Å². The first-order valence-corrected chi connectivity index (χ1v) is 14.5. The molecule has 0 aliphatic rings. The fourth-order valence-electron chi connectivity index (χ4n) is 0.706. The zero-order valence-electron chi connectivity index (χ0n) is 13.3. The Bertz CT molecular complexity index is 378. The molecule has 132 valence electrons. The van der Waals surface area contributed by atoms with E-state index in [0.29, 0.717) is 0 Å². The topological polar surface area (TPSA) is 201 Å². The quantitative estimate of drug-likeness (QED) is 0.372. The molecule has 0 aliphatic heterocycles. The van der Waals surface area contributed by atoms with Gasteiger partial charge in [-0.25, -0.2) is 0 Å². The van der Waals surface area contributed by atoms with Gasteiger partial charge in [-0.05, 0) is 13.8 Å². The van der Waals surface area contributed by atoms with E-state index in [4.69, 9.17) is 10.2 Å². The van der Waals surface area contributed by atoms with Gasteiger partial charge in [0.25, 0.3) is 0 Å². The molecule has 0 amide bonds. The Kier molecular flexibility index (Phi) is 13.9. The molecule has 10 nitrogen and oxygen atoms in total. The van der Waals surface area contributed by atoms with Gasteiger partial charge >= 0.3 is 31.0 Å². The molecule has 0 bridgehead atoms. The molecule has 0 fully saturated rings. The second-order valence-electron chi connectivity index (χ2n) is 4.93. The van der Waals surface area contributed by atoms with Gasteiger partial charge < -0.3 is 49.8 Å². The predicted molar refractivity (Wildman–Crippen MR) is 70.8 cm³/mol. The Morgan fingerprint density at radius 1 is 0.783 bits per heavy atom. The molecular weight excluding hydrogens is 423 g/mol. The number of aliphatic hydroxyl groups is 2. The molecule has 0 aromatic rings. The molecule has 2 unspecified atom stereocenters. The van der Waals surface area contributed by atoms with Gasteiger partial charge in [-0.15, -0.1) is 0 Å². The molecule has 0 saturated carbocycles. The zero-order valence-corrected chi connectivity index (χ0v) is 17.3. The Labute approximate surface area is 143 Å². The third-order valence-corrected chi connectivity index (χ3v) is 1.86. The van der Waals surface area contributed by atoms with Crippen molar-refractivity contribution in [2.45, 2.75) is 47.8 Å². The van der Waals surface area contributed by atoms with Crippen LogP contribution in [0.2, 0.25) is 9.88 Å². The third kappa shape index (κ3) is 16.8. The van der Waals surface area contributed by atoms with E-state index in [9.17, 15) is 39.6 Å². The maximum absolute atomic E-state index is 9.90. The van der Waals surface area contributed by atoms with Crippen molar-refractivity contribution in [3.05, 3.63) is 0 Å². The van der Waals surface area contributed by atoms with Gasteiger partial charge in [0, 0.05) is 24.8 Å². The number of carbonyl (C=O) groups is 4. The van der Waals surface area contributed by atoms with Gasteiger partial charge in [-0.3, -0.25) is 0 Å². The SMILES string of the molecule is CC(O)(CC(=O)[O-])C(=O)[O-].CC(O)(CC(=O)[O-])C(=O)[O-].[CH3][SnH2+4][CH3]. The van der Waals surface area contributed by atoms with Gasteiger partial charge in [-0.2, -0.15) is 0 Å². The first kappa shape index (κ1) is 26.5. The summed E-state index contributed by atoms with van der Waals surface area (Å²) in [7, 11) is 0. The average Bonchev–Trinajstić information content (AvgIpc) is 2.26. The van der Waals surface area contributed by atoms with Crippen LogP contribution in [-0.4, -0.2) is 66.4 Å². The van der Waals surface area contributed by atoms with Crippen LogP contribution in [0.5, 0.6) is 0 Å². The van der Waals surface area contributed by atoms with Crippen molar-refractivity contribution in [3.8, 4) is 0 Å². The molecule has 4 radical (unpaired) electrons. The van der Waals surface area contributed by atoms with E-state index in [2.05, 4.69) is 9.88 Å². The standard InChI is InChI=1S/2C5H8O5.2CH3.Sn.2H/c2*1-5(10,4(8)9)2-3(6)7;;;;;/h2*10H,2H2,1H3,(H,6,7)(H,8,9);2*1H3;;;/q;;;;+4;;/p-4. The van der Waals surface area contributed by atoms with Gasteiger partial charge in [0.15, 0.2) is 0 Å². The zero-order chi connectivity index (χ0) is 19.4. The third-order valence-electron chi connectivity index (χ3n) is 1.86. The van der Waals surface area contributed by atoms with E-state index in [-0.39, 0.29) is 21.1 Å². The number of carboxylic acid groups (broad SMARTS) is 4. The fourth-order valence-corrected chi connectivity index (χ4v) is 0.706. The van der Waals surface area contributed by atoms with Crippen LogP contribution in [0.3, 0.4) is 0 Å². The summed E-state index contributed by atoms with van der Waals surface area (Å²) >= 11 is -0.01000. The average molecular weight is 443 g/mol. The Morgan fingerprint density at radius 2 is 0.957 bits per heavy atom. The molecule has 0 saturated heterocycles. The van der Waals surface area contributed by atoms with Crippen LogP contribution < -0.4 is 20.4 Å². The molecule has 11 heteroatoms. The Morgan fingerprint density at radius 3 is 1.00 bits per heavy atom. The summed E-state index contributed by atoms with van der Waals surface area (Å²) in [4.78, 5) is 44.0. The summed E-state index contributed by atoms with van der Waals surface area (Å²) in [5.74, 6) is -6.91. The number of carbonyl (C=O) groups excluding carboxylic acids is 4. The summed E-state index contributed by atoms with van der Waals surface area (Å²) < 4.78 is 0. The summed E-state index contributed by atoms with van der Waals surface area (Å²) in [5, 5.41) is 56.7. The maximum atomic E-state index is 9.90. The minimum atomic E-state index is -2.33. The molecule has 0 spiro atoms. The van der Waals surface area contributed by atoms with Gasteiger partial charge in [0.1, 0.15) is 11.2 Å². The van der Waals surface area contributed by atoms with Crippen LogP contribution in [0.1, 0.15) is 26.7 Å². The summed E-state index contributed by atoms with van der Waals surface area (Å²) in [6.45, 7) is 1.66. The summed E-state index contributed by atoms with van der Waals surface area (Å²) in [6, 6.07) is 0. The van der Waals surface area contributed by atoms with Crippen LogP contribution in [0.25, 0.3) is 0 Å². The van der Waals surface area contributed by atoms with Crippen LogP contribution in [0, 0.1) is 0 Å². The fraction of sp³-hybridized carbons (Fsp3) is 0.667. The van der Waals surface area contributed by atoms with Gasteiger partial charge in [-0.1, -0.05) is 0 Å². The van der Waals surface area contributed by atoms with Gasteiger partial charge in [0.2, 0.25) is 0 Å². The second kappa shape index (κ2) is 12.1. The Balaban J connectivity index is -0.000000297. The first-order valence-electron chi connectivity index (χ1n) is 6.41. The number of aliphatic carboxylic acids is 4. The van der Waals surface area contributed by atoms with E-state index >= 15 is 0 Å². The minimum absolute atomic E-state index is 0.01000. The monoisotopic (exact) mass is 444 g/mol. The number of hydrogen-bond acceptors (Lipinski definition) is 10. The van der Waals surface area contributed by atoms with Gasteiger partial charge in [0.05, 0.1) is 11.9 Å². The molecule has 0 rings (SSSR count). The van der Waals surface area contributed by atoms with Crippen molar-refractivity contribution >= 4 is 45.0 Å². The van der Waals surface area contributed by atoms with Crippen LogP contribution in [0.4, 0.5) is 0 Å². The second-order valence-corrected chi connectivity index (χ2v) is 8.96. The number of hydrogen-bond donors (Lipinski definition) is 2. The molecule has 2 atom stereocenters. The van der Waals surface area contributed by atoms with Crippen LogP contribution in [-0.2, 0) is 19.2 Å². The van der Waals surface area contributed by atoms with Crippen molar-refractivity contribution < 1.29 is 49.8 Å². The molecule has 2 N–H and O–H groups in total. The van der Waals surface area contributed by atoms with Crippen molar-refractivity contribution in [3.63, 3.8) is 0 Å². The van der Waals surface area contributed by atoms with E-state index < -0.39 is 47.9 Å². The molecular formula is C12H20O10Sn. The summed E-state index contributed by atoms with van der Waals surface area (Å²) in [6.07, 6.45) is -1.93. The van der Waals surface area contributed by atoms with E-state index in [1.54, 1.807) is 0 Å². The molecule has 0 aromatic heterocycles. The van der Waals surface area contributed by atoms with Crippen molar-refractivity contribution in [2.24, 2.45) is 0 Å². The normalized spacial score (nSPS) is 14.5. The van der Waals surface area contributed by atoms with E-state index in [1.165, 1.54) is 0 Å². The predicted octanol–water partition coefficient (Wildman–Crippen LogP) is -6.49.